The quantitative estimate of drug-likeness (QED) is 0.556. The molecule has 1 aliphatic carbocycles. The van der Waals surface area contributed by atoms with E-state index in [1.165, 1.54) is 44.3 Å². The summed E-state index contributed by atoms with van der Waals surface area (Å²) in [6, 6.07) is 15.9. The lowest BCUT2D eigenvalue weighted by Gasteiger charge is -2.38. The molecule has 0 amide bonds. The lowest BCUT2D eigenvalue weighted by Crippen LogP contribution is -2.46. The zero-order valence-electron chi connectivity index (χ0n) is 18.4. The normalized spacial score (nSPS) is 20.0. The van der Waals surface area contributed by atoms with E-state index >= 15 is 0 Å². The Morgan fingerprint density at radius 2 is 1.90 bits per heavy atom. The highest BCUT2D eigenvalue weighted by molar-refractivity contribution is 5.73. The molecule has 3 aromatic rings. The van der Waals surface area contributed by atoms with Gasteiger partial charge >= 0.3 is 0 Å². The Bertz CT molecular complexity index is 979. The number of nitrogens with zero attached hydrogens (tertiary/aromatic N) is 4. The molecular formula is C25H32N4O2. The van der Waals surface area contributed by atoms with E-state index < -0.39 is 0 Å². The highest BCUT2D eigenvalue weighted by atomic mass is 16.6. The smallest absolute Gasteiger partial charge is 0.135 e. The third-order valence-electron chi connectivity index (χ3n) is 6.95. The molecule has 0 bridgehead atoms. The second-order valence-corrected chi connectivity index (χ2v) is 9.15. The second-order valence-electron chi connectivity index (χ2n) is 9.15. The third-order valence-corrected chi connectivity index (χ3v) is 6.95. The van der Waals surface area contributed by atoms with Crippen LogP contribution in [-0.2, 0) is 24.1 Å². The van der Waals surface area contributed by atoms with Crippen molar-refractivity contribution in [3.63, 3.8) is 0 Å². The van der Waals surface area contributed by atoms with Gasteiger partial charge in [0.2, 0.25) is 0 Å². The second kappa shape index (κ2) is 9.47. The van der Waals surface area contributed by atoms with Crippen LogP contribution in [0.3, 0.4) is 0 Å². The highest BCUT2D eigenvalue weighted by Gasteiger charge is 2.31. The van der Waals surface area contributed by atoms with Crippen molar-refractivity contribution >= 4 is 11.0 Å². The molecule has 0 unspecified atom stereocenters. The molecular weight excluding hydrogens is 388 g/mol. The van der Waals surface area contributed by atoms with Crippen molar-refractivity contribution in [2.75, 3.05) is 39.9 Å². The Kier molecular flexibility index (Phi) is 6.30. The number of hydrogen-bond acceptors (Lipinski definition) is 6. The molecule has 5 rings (SSSR count). The van der Waals surface area contributed by atoms with Crippen LogP contribution >= 0.6 is 0 Å². The van der Waals surface area contributed by atoms with Gasteiger partial charge in [-0.3, -0.25) is 9.80 Å². The lowest BCUT2D eigenvalue weighted by atomic mass is 9.95. The van der Waals surface area contributed by atoms with Crippen molar-refractivity contribution < 1.29 is 9.37 Å². The fourth-order valence-corrected chi connectivity index (χ4v) is 5.38. The average molecular weight is 421 g/mol. The van der Waals surface area contributed by atoms with Gasteiger partial charge in [0.05, 0.1) is 6.61 Å². The first kappa shape index (κ1) is 20.6. The molecule has 0 radical (unpaired) electrons. The van der Waals surface area contributed by atoms with Gasteiger partial charge in [0.15, 0.2) is 0 Å². The summed E-state index contributed by atoms with van der Waals surface area (Å²) in [7, 11) is 1.78. The molecule has 0 N–H and O–H groups in total. The van der Waals surface area contributed by atoms with Gasteiger partial charge in [-0.25, -0.2) is 4.63 Å². The number of benzene rings is 2. The molecule has 2 heterocycles. The minimum absolute atomic E-state index is 0.676. The van der Waals surface area contributed by atoms with Crippen LogP contribution in [0.15, 0.2) is 47.1 Å². The van der Waals surface area contributed by atoms with E-state index in [9.17, 15) is 0 Å². The molecule has 164 valence electrons. The monoisotopic (exact) mass is 420 g/mol. The van der Waals surface area contributed by atoms with E-state index in [4.69, 9.17) is 9.37 Å². The summed E-state index contributed by atoms with van der Waals surface area (Å²) in [5.41, 5.74) is 5.99. The standard InChI is InChI=1S/C25H32N4O2/c1-30-12-11-28(16-19-8-9-24-25(13-19)27-31-26-24)17-20-5-4-10-29(18-20)23-14-21-6-2-3-7-22(21)15-23/h2-3,6-9,13,20,23H,4-5,10-12,14-18H2,1H3/t20-/m1/s1. The van der Waals surface area contributed by atoms with Crippen molar-refractivity contribution in [3.8, 4) is 0 Å². The van der Waals surface area contributed by atoms with Crippen LogP contribution in [0.2, 0.25) is 0 Å². The molecule has 31 heavy (non-hydrogen) atoms. The number of piperidine rings is 1. The van der Waals surface area contributed by atoms with E-state index in [2.05, 4.69) is 56.5 Å². The molecule has 1 aliphatic heterocycles. The molecule has 0 saturated carbocycles. The maximum Gasteiger partial charge on any atom is 0.135 e. The van der Waals surface area contributed by atoms with Gasteiger partial charge in [0.1, 0.15) is 11.0 Å². The Labute approximate surface area is 184 Å². The Hall–Kier alpha value is -2.28. The van der Waals surface area contributed by atoms with Crippen LogP contribution < -0.4 is 0 Å². The number of rotatable bonds is 8. The van der Waals surface area contributed by atoms with Gasteiger partial charge in [-0.15, -0.1) is 0 Å². The number of methoxy groups -OCH3 is 1. The summed E-state index contributed by atoms with van der Waals surface area (Å²) >= 11 is 0. The number of ether oxygens (including phenoxy) is 1. The number of likely N-dealkylation sites (tertiary alicyclic amines) is 1. The van der Waals surface area contributed by atoms with Crippen molar-refractivity contribution in [3.05, 3.63) is 59.2 Å². The van der Waals surface area contributed by atoms with E-state index in [-0.39, 0.29) is 0 Å². The molecule has 1 aromatic heterocycles. The van der Waals surface area contributed by atoms with Crippen molar-refractivity contribution in [1.82, 2.24) is 20.1 Å². The van der Waals surface area contributed by atoms with Crippen LogP contribution in [-0.4, -0.2) is 66.1 Å². The van der Waals surface area contributed by atoms with Crippen LogP contribution in [0.25, 0.3) is 11.0 Å². The molecule has 2 aromatic carbocycles. The number of hydrogen-bond donors (Lipinski definition) is 0. The predicted octanol–water partition coefficient (Wildman–Crippen LogP) is 3.55. The molecule has 1 atom stereocenters. The number of fused-ring (bicyclic) bond motifs is 2. The van der Waals surface area contributed by atoms with Gasteiger partial charge in [-0.1, -0.05) is 30.3 Å². The van der Waals surface area contributed by atoms with Crippen molar-refractivity contribution in [2.45, 2.75) is 38.3 Å². The lowest BCUT2D eigenvalue weighted by molar-refractivity contribution is 0.0844. The Balaban J connectivity index is 1.22. The largest absolute Gasteiger partial charge is 0.383 e. The highest BCUT2D eigenvalue weighted by Crippen LogP contribution is 2.29. The van der Waals surface area contributed by atoms with Crippen LogP contribution in [0.4, 0.5) is 0 Å². The summed E-state index contributed by atoms with van der Waals surface area (Å²) in [6.07, 6.45) is 5.03. The maximum absolute atomic E-state index is 5.41. The first-order valence-electron chi connectivity index (χ1n) is 11.5. The van der Waals surface area contributed by atoms with Gasteiger partial charge < -0.3 is 4.74 Å². The molecule has 6 nitrogen and oxygen atoms in total. The van der Waals surface area contributed by atoms with Crippen molar-refractivity contribution in [1.29, 1.82) is 0 Å². The van der Waals surface area contributed by atoms with Crippen LogP contribution in [0.5, 0.6) is 0 Å². The van der Waals surface area contributed by atoms with E-state index in [1.54, 1.807) is 18.2 Å². The first-order valence-corrected chi connectivity index (χ1v) is 11.5. The molecule has 6 heteroatoms. The zero-order valence-corrected chi connectivity index (χ0v) is 18.4. The van der Waals surface area contributed by atoms with Gasteiger partial charge in [-0.05, 0) is 77.3 Å². The fraction of sp³-hybridized carbons (Fsp3) is 0.520. The average Bonchev–Trinajstić information content (AvgIpc) is 3.44. The number of aromatic nitrogens is 2. The molecule has 0 spiro atoms. The van der Waals surface area contributed by atoms with Gasteiger partial charge in [0, 0.05) is 39.3 Å². The van der Waals surface area contributed by atoms with E-state index in [1.807, 2.05) is 6.07 Å². The molecule has 1 fully saturated rings. The van der Waals surface area contributed by atoms with Gasteiger partial charge in [0.25, 0.3) is 0 Å². The van der Waals surface area contributed by atoms with E-state index in [0.717, 1.165) is 37.3 Å². The SMILES string of the molecule is COCCN(Cc1ccc2nonc2c1)C[C@H]1CCCN(C2Cc3ccccc3C2)C1. The Morgan fingerprint density at radius 1 is 1.10 bits per heavy atom. The van der Waals surface area contributed by atoms with Crippen LogP contribution in [0.1, 0.15) is 29.5 Å². The predicted molar refractivity (Wildman–Crippen MR) is 121 cm³/mol. The van der Waals surface area contributed by atoms with E-state index in [0.29, 0.717) is 12.0 Å². The summed E-state index contributed by atoms with van der Waals surface area (Å²) < 4.78 is 10.3. The maximum atomic E-state index is 5.41. The Morgan fingerprint density at radius 3 is 2.71 bits per heavy atom. The summed E-state index contributed by atoms with van der Waals surface area (Å²) in [5.74, 6) is 0.701. The minimum atomic E-state index is 0.676. The third kappa shape index (κ3) is 4.81. The summed E-state index contributed by atoms with van der Waals surface area (Å²) in [4.78, 5) is 5.30. The molecule has 2 aliphatic rings. The molecule has 1 saturated heterocycles. The minimum Gasteiger partial charge on any atom is -0.383 e. The fourth-order valence-electron chi connectivity index (χ4n) is 5.38. The zero-order chi connectivity index (χ0) is 21.0. The van der Waals surface area contributed by atoms with Crippen LogP contribution in [0, 0.1) is 5.92 Å². The summed E-state index contributed by atoms with van der Waals surface area (Å²) in [6.45, 7) is 6.14. The summed E-state index contributed by atoms with van der Waals surface area (Å²) in [5, 5.41) is 7.92. The van der Waals surface area contributed by atoms with Gasteiger partial charge in [-0.2, -0.15) is 0 Å². The first-order chi connectivity index (χ1) is 15.3. The topological polar surface area (TPSA) is 54.6 Å². The van der Waals surface area contributed by atoms with Crippen molar-refractivity contribution in [2.24, 2.45) is 5.92 Å².